The molecule has 0 spiro atoms. The highest BCUT2D eigenvalue weighted by Crippen LogP contribution is 2.38. The fourth-order valence-electron chi connectivity index (χ4n) is 8.39. The van der Waals surface area contributed by atoms with E-state index >= 15 is 0 Å². The summed E-state index contributed by atoms with van der Waals surface area (Å²) in [4.78, 5) is 62.7. The van der Waals surface area contributed by atoms with Gasteiger partial charge in [0.05, 0.1) is 36.3 Å². The molecule has 2 saturated heterocycles. The molecule has 6 heterocycles. The number of likely N-dealkylation sites (tertiary alicyclic amines) is 2. The summed E-state index contributed by atoms with van der Waals surface area (Å²) in [6, 6.07) is 30.7. The fourth-order valence-corrected chi connectivity index (χ4v) is 10.3. The minimum Gasteiger partial charge on any atom is -0.484 e. The number of fused-ring (bicyclic) bond motifs is 2. The molecule has 0 radical (unpaired) electrons. The number of benzene rings is 4. The Labute approximate surface area is 367 Å². The molecular formula is C48H46N6O6S2. The van der Waals surface area contributed by atoms with Crippen LogP contribution in [0, 0.1) is 0 Å². The third kappa shape index (κ3) is 9.41. The highest BCUT2D eigenvalue weighted by atomic mass is 32.1. The number of nitrogens with zero attached hydrogens (tertiary/aromatic N) is 4. The van der Waals surface area contributed by atoms with Crippen LogP contribution in [0.2, 0.25) is 0 Å². The molecule has 4 aromatic carbocycles. The summed E-state index contributed by atoms with van der Waals surface area (Å²) in [6.45, 7) is 1.52. The van der Waals surface area contributed by atoms with Gasteiger partial charge in [-0.3, -0.25) is 19.2 Å². The topological polar surface area (TPSA) is 143 Å². The van der Waals surface area contributed by atoms with Crippen LogP contribution in [0.4, 0.5) is 11.4 Å². The van der Waals surface area contributed by atoms with E-state index in [0.29, 0.717) is 24.3 Å². The Hall–Kier alpha value is -6.38. The summed E-state index contributed by atoms with van der Waals surface area (Å²) in [5.41, 5.74) is 7.55. The Balaban J connectivity index is 0.000000158. The van der Waals surface area contributed by atoms with Gasteiger partial charge in [0.25, 0.3) is 11.8 Å². The van der Waals surface area contributed by atoms with Gasteiger partial charge in [-0.25, -0.2) is 9.97 Å². The summed E-state index contributed by atoms with van der Waals surface area (Å²) in [5.74, 6) is 1.44. The molecule has 2 N–H and O–H groups in total. The number of rotatable bonds is 10. The Morgan fingerprint density at radius 1 is 0.597 bits per heavy atom. The number of anilines is 2. The van der Waals surface area contributed by atoms with E-state index in [0.717, 1.165) is 107 Å². The first-order valence-electron chi connectivity index (χ1n) is 21.1. The van der Waals surface area contributed by atoms with E-state index in [1.807, 2.05) is 118 Å². The van der Waals surface area contributed by atoms with E-state index in [2.05, 4.69) is 10.6 Å². The zero-order chi connectivity index (χ0) is 42.4. The van der Waals surface area contributed by atoms with Gasteiger partial charge in [0.15, 0.2) is 13.2 Å². The Morgan fingerprint density at radius 2 is 1.03 bits per heavy atom. The molecule has 12 nitrogen and oxygen atoms in total. The van der Waals surface area contributed by atoms with Crippen molar-refractivity contribution in [2.75, 3.05) is 36.9 Å². The number of amides is 4. The van der Waals surface area contributed by atoms with Crippen molar-refractivity contribution >= 4 is 57.7 Å². The van der Waals surface area contributed by atoms with Crippen LogP contribution in [0.15, 0.2) is 108 Å². The largest absolute Gasteiger partial charge is 0.484 e. The predicted octanol–water partition coefficient (Wildman–Crippen LogP) is 8.87. The minimum atomic E-state index is -0.0166. The SMILES string of the molecule is O=C1Cc2cc(-c3csc([C@H]4CCCCN4C(=O)COc4ccccc4)n3)ccc2N1.O=C1Cc2cc(-c3csc([C@H]4CCCCN4C(=O)COc4ccccc4)n3)ccc2N1. The van der Waals surface area contributed by atoms with E-state index < -0.39 is 0 Å². The van der Waals surface area contributed by atoms with Crippen LogP contribution < -0.4 is 20.1 Å². The molecule has 2 fully saturated rings. The monoisotopic (exact) mass is 866 g/mol. The lowest BCUT2D eigenvalue weighted by molar-refractivity contribution is -0.138. The van der Waals surface area contributed by atoms with Crippen LogP contribution in [0.3, 0.4) is 0 Å². The Bertz CT molecular complexity index is 2400. The first-order valence-corrected chi connectivity index (χ1v) is 22.8. The fraction of sp³-hybridized carbons (Fsp3) is 0.292. The maximum absolute atomic E-state index is 12.9. The van der Waals surface area contributed by atoms with Gasteiger partial charge in [0, 0.05) is 46.4 Å². The molecule has 6 aromatic rings. The average Bonchev–Trinajstić information content (AvgIpc) is 4.14. The van der Waals surface area contributed by atoms with Crippen molar-refractivity contribution in [1.82, 2.24) is 19.8 Å². The second-order valence-electron chi connectivity index (χ2n) is 15.7. The van der Waals surface area contributed by atoms with E-state index in [-0.39, 0.29) is 48.9 Å². The summed E-state index contributed by atoms with van der Waals surface area (Å²) < 4.78 is 11.4. The Morgan fingerprint density at radius 3 is 1.47 bits per heavy atom. The second kappa shape index (κ2) is 18.7. The van der Waals surface area contributed by atoms with E-state index in [1.54, 1.807) is 22.7 Å². The van der Waals surface area contributed by atoms with Crippen molar-refractivity contribution in [3.05, 3.63) is 129 Å². The molecule has 4 aliphatic heterocycles. The molecule has 0 bridgehead atoms. The molecular weight excluding hydrogens is 821 g/mol. The van der Waals surface area contributed by atoms with Crippen LogP contribution in [0.25, 0.3) is 22.5 Å². The van der Waals surface area contributed by atoms with Crippen molar-refractivity contribution in [3.63, 3.8) is 0 Å². The molecule has 0 aliphatic carbocycles. The maximum Gasteiger partial charge on any atom is 0.261 e. The first-order chi connectivity index (χ1) is 30.3. The molecule has 0 unspecified atom stereocenters. The molecule has 4 aliphatic rings. The zero-order valence-corrected chi connectivity index (χ0v) is 35.7. The molecule has 14 heteroatoms. The summed E-state index contributed by atoms with van der Waals surface area (Å²) >= 11 is 3.18. The lowest BCUT2D eigenvalue weighted by atomic mass is 10.0. The number of thiazole rings is 2. The van der Waals surface area contributed by atoms with Gasteiger partial charge in [0.1, 0.15) is 21.5 Å². The number of carbonyl (C=O) groups excluding carboxylic acids is 4. The first kappa shape index (κ1) is 41.0. The van der Waals surface area contributed by atoms with Gasteiger partial charge < -0.3 is 29.9 Å². The highest BCUT2D eigenvalue weighted by molar-refractivity contribution is 7.10. The Kier molecular flexibility index (Phi) is 12.4. The van der Waals surface area contributed by atoms with Crippen molar-refractivity contribution in [3.8, 4) is 34.0 Å². The van der Waals surface area contributed by atoms with E-state index in [4.69, 9.17) is 19.4 Å². The van der Waals surface area contributed by atoms with Gasteiger partial charge in [-0.05, 0) is 98.2 Å². The van der Waals surface area contributed by atoms with Gasteiger partial charge in [-0.2, -0.15) is 0 Å². The van der Waals surface area contributed by atoms with Crippen molar-refractivity contribution in [2.45, 2.75) is 63.5 Å². The van der Waals surface area contributed by atoms with Gasteiger partial charge in [-0.15, -0.1) is 22.7 Å². The molecule has 10 rings (SSSR count). The summed E-state index contributed by atoms with van der Waals surface area (Å²) in [7, 11) is 0. The number of ether oxygens (including phenoxy) is 2. The number of aromatic nitrogens is 2. The summed E-state index contributed by atoms with van der Waals surface area (Å²) in [6.07, 6.45) is 6.79. The molecule has 4 amide bonds. The number of para-hydroxylation sites is 2. The maximum atomic E-state index is 12.9. The molecule has 316 valence electrons. The number of hydrogen-bond acceptors (Lipinski definition) is 10. The highest BCUT2D eigenvalue weighted by Gasteiger charge is 2.32. The molecule has 2 atom stereocenters. The molecule has 0 saturated carbocycles. The van der Waals surface area contributed by atoms with Gasteiger partial charge >= 0.3 is 0 Å². The minimum absolute atomic E-state index is 0.00702. The predicted molar refractivity (Wildman–Crippen MR) is 240 cm³/mol. The molecule has 62 heavy (non-hydrogen) atoms. The van der Waals surface area contributed by atoms with Crippen molar-refractivity contribution in [2.24, 2.45) is 0 Å². The van der Waals surface area contributed by atoms with Gasteiger partial charge in [0.2, 0.25) is 11.8 Å². The average molecular weight is 867 g/mol. The van der Waals surface area contributed by atoms with Crippen LogP contribution in [-0.2, 0) is 32.0 Å². The van der Waals surface area contributed by atoms with Crippen LogP contribution in [0.1, 0.15) is 71.8 Å². The van der Waals surface area contributed by atoms with Crippen LogP contribution >= 0.6 is 22.7 Å². The van der Waals surface area contributed by atoms with Crippen molar-refractivity contribution in [1.29, 1.82) is 0 Å². The smallest absolute Gasteiger partial charge is 0.261 e. The third-order valence-electron chi connectivity index (χ3n) is 11.5. The number of carbonyl (C=O) groups is 4. The quantitative estimate of drug-likeness (QED) is 0.139. The van der Waals surface area contributed by atoms with E-state index in [1.165, 1.54) is 0 Å². The van der Waals surface area contributed by atoms with Crippen LogP contribution in [0.5, 0.6) is 11.5 Å². The van der Waals surface area contributed by atoms with Crippen molar-refractivity contribution < 1.29 is 28.7 Å². The third-order valence-corrected chi connectivity index (χ3v) is 13.4. The van der Waals surface area contributed by atoms with E-state index in [9.17, 15) is 19.2 Å². The normalized spacial score (nSPS) is 17.9. The zero-order valence-electron chi connectivity index (χ0n) is 34.1. The lowest BCUT2D eigenvalue weighted by Crippen LogP contribution is -2.41. The number of nitrogens with one attached hydrogen (secondary N) is 2. The van der Waals surface area contributed by atoms with Gasteiger partial charge in [-0.1, -0.05) is 48.5 Å². The number of piperidine rings is 2. The number of hydrogen-bond donors (Lipinski definition) is 2. The van der Waals surface area contributed by atoms with Crippen LogP contribution in [-0.4, -0.2) is 69.7 Å². The lowest BCUT2D eigenvalue weighted by Gasteiger charge is -2.34. The molecule has 2 aromatic heterocycles. The summed E-state index contributed by atoms with van der Waals surface area (Å²) in [5, 5.41) is 11.7. The standard InChI is InChI=1S/2C24H23N3O3S/c2*28-22-13-17-12-16(9-10-19(17)25-22)20-15-31-24(26-20)21-8-4-5-11-27(21)23(29)14-30-18-6-2-1-3-7-18/h2*1-3,6-7,9-10,12,15,21H,4-5,8,11,13-14H2,(H,25,28)/t2*21-/m11/s1. The second-order valence-corrected chi connectivity index (χ2v) is 17.5.